The maximum atomic E-state index is 12.0. The van der Waals surface area contributed by atoms with Crippen molar-refractivity contribution in [3.05, 3.63) is 69.3 Å². The highest BCUT2D eigenvalue weighted by Gasteiger charge is 2.24. The standard InChI is InChI=1S/C20H21N3O4/c1-13(24)16-7-10-18(19(11-16)23(26)27)22(2)12-14-3-5-15(6-4-14)20(25)21-17-8-9-17/h3-7,10-11,17H,8-9,12H2,1-2H3,(H,21,25). The summed E-state index contributed by atoms with van der Waals surface area (Å²) in [6.07, 6.45) is 2.08. The summed E-state index contributed by atoms with van der Waals surface area (Å²) in [6, 6.07) is 12.0. The Labute approximate surface area is 157 Å². The molecular formula is C20H21N3O4. The molecule has 0 aliphatic heterocycles. The van der Waals surface area contributed by atoms with E-state index in [4.69, 9.17) is 0 Å². The molecule has 3 rings (SSSR count). The monoisotopic (exact) mass is 367 g/mol. The average molecular weight is 367 g/mol. The number of ketones is 1. The third-order valence-corrected chi connectivity index (χ3v) is 4.54. The molecule has 0 aromatic heterocycles. The van der Waals surface area contributed by atoms with E-state index in [1.807, 2.05) is 12.1 Å². The van der Waals surface area contributed by atoms with E-state index >= 15 is 0 Å². The van der Waals surface area contributed by atoms with E-state index in [1.54, 1.807) is 36.2 Å². The molecule has 1 N–H and O–H groups in total. The summed E-state index contributed by atoms with van der Waals surface area (Å²) in [7, 11) is 1.75. The zero-order valence-corrected chi connectivity index (χ0v) is 15.3. The first-order chi connectivity index (χ1) is 12.8. The van der Waals surface area contributed by atoms with Gasteiger partial charge in [-0.25, -0.2) is 0 Å². The number of nitrogens with one attached hydrogen (secondary N) is 1. The van der Waals surface area contributed by atoms with Gasteiger partial charge in [0, 0.05) is 36.8 Å². The summed E-state index contributed by atoms with van der Waals surface area (Å²) in [5, 5.41) is 14.3. The van der Waals surface area contributed by atoms with Crippen molar-refractivity contribution in [2.45, 2.75) is 32.4 Å². The summed E-state index contributed by atoms with van der Waals surface area (Å²) >= 11 is 0. The van der Waals surface area contributed by atoms with E-state index in [9.17, 15) is 19.7 Å². The van der Waals surface area contributed by atoms with Crippen LogP contribution >= 0.6 is 0 Å². The van der Waals surface area contributed by atoms with Crippen molar-refractivity contribution in [2.75, 3.05) is 11.9 Å². The SMILES string of the molecule is CC(=O)c1ccc(N(C)Cc2ccc(C(=O)NC3CC3)cc2)c([N+](=O)[O-])c1. The van der Waals surface area contributed by atoms with Gasteiger partial charge in [0.25, 0.3) is 11.6 Å². The molecular weight excluding hydrogens is 346 g/mol. The number of rotatable bonds is 7. The average Bonchev–Trinajstić information content (AvgIpc) is 3.45. The number of amides is 1. The van der Waals surface area contributed by atoms with Crippen molar-refractivity contribution in [3.8, 4) is 0 Å². The Kier molecular flexibility index (Phi) is 5.21. The molecule has 2 aromatic rings. The second-order valence-corrected chi connectivity index (χ2v) is 6.82. The van der Waals surface area contributed by atoms with Crippen LogP contribution in [0.3, 0.4) is 0 Å². The first-order valence-electron chi connectivity index (χ1n) is 8.75. The largest absolute Gasteiger partial charge is 0.365 e. The summed E-state index contributed by atoms with van der Waals surface area (Å²) in [6.45, 7) is 1.81. The van der Waals surface area contributed by atoms with E-state index in [2.05, 4.69) is 5.32 Å². The van der Waals surface area contributed by atoms with Crippen molar-refractivity contribution in [2.24, 2.45) is 0 Å². The van der Waals surface area contributed by atoms with Gasteiger partial charge in [-0.2, -0.15) is 0 Å². The van der Waals surface area contributed by atoms with Gasteiger partial charge in [-0.15, -0.1) is 0 Å². The van der Waals surface area contributed by atoms with Crippen molar-refractivity contribution in [1.82, 2.24) is 5.32 Å². The predicted octanol–water partition coefficient (Wildman–Crippen LogP) is 3.33. The van der Waals surface area contributed by atoms with Crippen LogP contribution in [-0.2, 0) is 6.54 Å². The molecule has 1 aliphatic rings. The van der Waals surface area contributed by atoms with Crippen LogP contribution in [0, 0.1) is 10.1 Å². The van der Waals surface area contributed by atoms with Crippen LogP contribution in [0.1, 0.15) is 46.0 Å². The molecule has 0 heterocycles. The van der Waals surface area contributed by atoms with E-state index in [0.29, 0.717) is 29.4 Å². The molecule has 140 valence electrons. The minimum atomic E-state index is -0.483. The summed E-state index contributed by atoms with van der Waals surface area (Å²) in [5.41, 5.74) is 2.16. The Hall–Kier alpha value is -3.22. The number of nitro benzene ring substituents is 1. The number of hydrogen-bond acceptors (Lipinski definition) is 5. The van der Waals surface area contributed by atoms with E-state index < -0.39 is 4.92 Å². The second-order valence-electron chi connectivity index (χ2n) is 6.82. The Balaban J connectivity index is 1.74. The van der Waals surface area contributed by atoms with Crippen molar-refractivity contribution < 1.29 is 14.5 Å². The molecule has 0 radical (unpaired) electrons. The minimum absolute atomic E-state index is 0.0761. The highest BCUT2D eigenvalue weighted by molar-refractivity contribution is 5.95. The van der Waals surface area contributed by atoms with Crippen molar-refractivity contribution in [1.29, 1.82) is 0 Å². The maximum absolute atomic E-state index is 12.0. The molecule has 27 heavy (non-hydrogen) atoms. The molecule has 2 aromatic carbocycles. The van der Waals surface area contributed by atoms with Gasteiger partial charge in [0.05, 0.1) is 4.92 Å². The third kappa shape index (κ3) is 4.49. The first kappa shape index (κ1) is 18.6. The van der Waals surface area contributed by atoms with Gasteiger partial charge in [-0.05, 0) is 49.6 Å². The zero-order chi connectivity index (χ0) is 19.6. The number of nitrogens with zero attached hydrogens (tertiary/aromatic N) is 2. The number of Topliss-reactive ketones (excluding diaryl/α,β-unsaturated/α-hetero) is 1. The maximum Gasteiger partial charge on any atom is 0.293 e. The van der Waals surface area contributed by atoms with Crippen LogP contribution in [0.2, 0.25) is 0 Å². The highest BCUT2D eigenvalue weighted by atomic mass is 16.6. The lowest BCUT2D eigenvalue weighted by molar-refractivity contribution is -0.384. The molecule has 0 unspecified atom stereocenters. The first-order valence-corrected chi connectivity index (χ1v) is 8.75. The molecule has 0 spiro atoms. The summed E-state index contributed by atoms with van der Waals surface area (Å²) in [4.78, 5) is 36.2. The van der Waals surface area contributed by atoms with Crippen LogP contribution in [0.4, 0.5) is 11.4 Å². The van der Waals surface area contributed by atoms with Gasteiger partial charge >= 0.3 is 0 Å². The molecule has 1 amide bonds. The number of hydrogen-bond donors (Lipinski definition) is 1. The Morgan fingerprint density at radius 2 is 1.78 bits per heavy atom. The lowest BCUT2D eigenvalue weighted by atomic mass is 10.1. The number of carbonyl (C=O) groups excluding carboxylic acids is 2. The lowest BCUT2D eigenvalue weighted by Crippen LogP contribution is -2.25. The molecule has 7 nitrogen and oxygen atoms in total. The number of benzene rings is 2. The fourth-order valence-corrected chi connectivity index (χ4v) is 2.83. The molecule has 0 atom stereocenters. The van der Waals surface area contributed by atoms with Crippen LogP contribution in [0.5, 0.6) is 0 Å². The van der Waals surface area contributed by atoms with E-state index in [-0.39, 0.29) is 17.4 Å². The van der Waals surface area contributed by atoms with Gasteiger partial charge in [-0.3, -0.25) is 19.7 Å². The van der Waals surface area contributed by atoms with Crippen LogP contribution < -0.4 is 10.2 Å². The number of carbonyl (C=O) groups is 2. The third-order valence-electron chi connectivity index (χ3n) is 4.54. The van der Waals surface area contributed by atoms with Crippen LogP contribution in [-0.4, -0.2) is 29.7 Å². The van der Waals surface area contributed by atoms with Gasteiger partial charge < -0.3 is 10.2 Å². The lowest BCUT2D eigenvalue weighted by Gasteiger charge is -2.19. The normalized spacial score (nSPS) is 13.1. The Morgan fingerprint density at radius 3 is 2.33 bits per heavy atom. The smallest absolute Gasteiger partial charge is 0.293 e. The fourth-order valence-electron chi connectivity index (χ4n) is 2.83. The quantitative estimate of drug-likeness (QED) is 0.460. The fraction of sp³-hybridized carbons (Fsp3) is 0.300. The second kappa shape index (κ2) is 7.57. The minimum Gasteiger partial charge on any atom is -0.365 e. The highest BCUT2D eigenvalue weighted by Crippen LogP contribution is 2.29. The number of anilines is 1. The topological polar surface area (TPSA) is 92.6 Å². The van der Waals surface area contributed by atoms with Gasteiger partial charge in [0.15, 0.2) is 5.78 Å². The van der Waals surface area contributed by atoms with E-state index in [0.717, 1.165) is 18.4 Å². The van der Waals surface area contributed by atoms with Gasteiger partial charge in [-0.1, -0.05) is 12.1 Å². The number of nitro groups is 1. The molecule has 7 heteroatoms. The van der Waals surface area contributed by atoms with Gasteiger partial charge in [0.2, 0.25) is 0 Å². The van der Waals surface area contributed by atoms with Crippen molar-refractivity contribution in [3.63, 3.8) is 0 Å². The van der Waals surface area contributed by atoms with E-state index in [1.165, 1.54) is 13.0 Å². The molecule has 1 fully saturated rings. The molecule has 1 aliphatic carbocycles. The molecule has 0 saturated heterocycles. The van der Waals surface area contributed by atoms with Crippen molar-refractivity contribution >= 4 is 23.1 Å². The molecule has 0 bridgehead atoms. The predicted molar refractivity (Wildman–Crippen MR) is 102 cm³/mol. The van der Waals surface area contributed by atoms with Crippen LogP contribution in [0.25, 0.3) is 0 Å². The Morgan fingerprint density at radius 1 is 1.15 bits per heavy atom. The Bertz CT molecular complexity index is 889. The van der Waals surface area contributed by atoms with Gasteiger partial charge in [0.1, 0.15) is 5.69 Å². The summed E-state index contributed by atoms with van der Waals surface area (Å²) in [5.74, 6) is -0.291. The summed E-state index contributed by atoms with van der Waals surface area (Å²) < 4.78 is 0. The molecule has 1 saturated carbocycles. The van der Waals surface area contributed by atoms with Crippen LogP contribution in [0.15, 0.2) is 42.5 Å². The zero-order valence-electron chi connectivity index (χ0n) is 15.3.